The molecule has 0 fully saturated rings. The lowest BCUT2D eigenvalue weighted by molar-refractivity contribution is -0.117. The Hall–Kier alpha value is -2.71. The number of benzene rings is 1. The predicted octanol–water partition coefficient (Wildman–Crippen LogP) is 3.29. The number of furan rings is 1. The molecule has 7 nitrogen and oxygen atoms in total. The number of primary amides is 1. The molecule has 0 bridgehead atoms. The molecule has 2 amide bonds. The molecule has 3 rings (SSSR count). The molecule has 0 saturated heterocycles. The van der Waals surface area contributed by atoms with Gasteiger partial charge < -0.3 is 14.9 Å². The highest BCUT2D eigenvalue weighted by molar-refractivity contribution is 8.15. The summed E-state index contributed by atoms with van der Waals surface area (Å²) in [5, 5.41) is 0.0969. The van der Waals surface area contributed by atoms with Gasteiger partial charge in [0.15, 0.2) is 5.17 Å². The van der Waals surface area contributed by atoms with E-state index in [1.165, 1.54) is 24.3 Å². The van der Waals surface area contributed by atoms with Gasteiger partial charge in [-0.25, -0.2) is 4.99 Å². The van der Waals surface area contributed by atoms with Crippen molar-refractivity contribution in [3.05, 3.63) is 53.1 Å². The van der Waals surface area contributed by atoms with Gasteiger partial charge in [-0.15, -0.1) is 0 Å². The quantitative estimate of drug-likeness (QED) is 0.769. The van der Waals surface area contributed by atoms with E-state index in [0.717, 1.165) is 11.8 Å². The summed E-state index contributed by atoms with van der Waals surface area (Å²) in [7, 11) is 1.50. The van der Waals surface area contributed by atoms with E-state index in [0.29, 0.717) is 27.4 Å². The lowest BCUT2D eigenvalue weighted by Gasteiger charge is -2.20. The first kappa shape index (κ1) is 19.1. The molecule has 2 aromatic rings. The number of amides is 2. The molecule has 9 heteroatoms. The van der Waals surface area contributed by atoms with Gasteiger partial charge >= 0.3 is 0 Å². The first-order valence-corrected chi connectivity index (χ1v) is 9.14. The number of anilines is 1. The summed E-state index contributed by atoms with van der Waals surface area (Å²) in [6.45, 7) is 1.65. The van der Waals surface area contributed by atoms with Gasteiger partial charge in [0.2, 0.25) is 5.91 Å². The molecule has 0 spiro atoms. The van der Waals surface area contributed by atoms with Crippen molar-refractivity contribution < 1.29 is 18.7 Å². The van der Waals surface area contributed by atoms with Crippen molar-refractivity contribution >= 4 is 52.1 Å². The molecule has 27 heavy (non-hydrogen) atoms. The average Bonchev–Trinajstić information content (AvgIpc) is 3.24. The number of carbonyl (C=O) groups excluding carboxylic acids is 2. The number of methoxy groups -OCH3 is 1. The number of amidine groups is 1. The second-order valence-electron chi connectivity index (χ2n) is 5.56. The van der Waals surface area contributed by atoms with Crippen LogP contribution in [0.25, 0.3) is 6.08 Å². The number of ether oxygens (including phenoxy) is 1. The van der Waals surface area contributed by atoms with E-state index in [-0.39, 0.29) is 11.6 Å². The molecule has 1 atom stereocenters. The van der Waals surface area contributed by atoms with Crippen LogP contribution < -0.4 is 15.4 Å². The third-order valence-corrected chi connectivity index (χ3v) is 5.09. The van der Waals surface area contributed by atoms with Crippen LogP contribution in [0.3, 0.4) is 0 Å². The number of halogens is 1. The predicted molar refractivity (Wildman–Crippen MR) is 106 cm³/mol. The van der Waals surface area contributed by atoms with Crippen LogP contribution in [-0.2, 0) is 9.59 Å². The number of aliphatic imine (C=N–C) groups is 1. The Morgan fingerprint density at radius 1 is 1.44 bits per heavy atom. The molecule has 1 aliphatic rings. The number of rotatable bonds is 5. The molecule has 140 valence electrons. The van der Waals surface area contributed by atoms with Crippen molar-refractivity contribution in [1.29, 1.82) is 0 Å². The maximum atomic E-state index is 13.0. The largest absolute Gasteiger partial charge is 0.495 e. The smallest absolute Gasteiger partial charge is 0.283 e. The van der Waals surface area contributed by atoms with Crippen molar-refractivity contribution in [2.24, 2.45) is 10.7 Å². The first-order chi connectivity index (χ1) is 12.9. The molecule has 2 heterocycles. The van der Waals surface area contributed by atoms with E-state index in [9.17, 15) is 9.59 Å². The van der Waals surface area contributed by atoms with Gasteiger partial charge in [-0.1, -0.05) is 23.4 Å². The van der Waals surface area contributed by atoms with Gasteiger partial charge in [0.05, 0.1) is 29.3 Å². The molecule has 0 radical (unpaired) electrons. The van der Waals surface area contributed by atoms with Crippen molar-refractivity contribution in [1.82, 2.24) is 0 Å². The maximum absolute atomic E-state index is 13.0. The van der Waals surface area contributed by atoms with Crippen LogP contribution in [0.1, 0.15) is 12.7 Å². The Morgan fingerprint density at radius 2 is 2.22 bits per heavy atom. The van der Waals surface area contributed by atoms with Gasteiger partial charge in [0.25, 0.3) is 5.91 Å². The second-order valence-corrected chi connectivity index (χ2v) is 7.28. The summed E-state index contributed by atoms with van der Waals surface area (Å²) in [4.78, 5) is 30.2. The average molecular weight is 406 g/mol. The summed E-state index contributed by atoms with van der Waals surface area (Å²) in [5.41, 5.74) is 6.03. The zero-order valence-electron chi connectivity index (χ0n) is 14.5. The van der Waals surface area contributed by atoms with Crippen molar-refractivity contribution in [3.8, 4) is 5.75 Å². The minimum atomic E-state index is -0.573. The van der Waals surface area contributed by atoms with E-state index >= 15 is 0 Å². The molecule has 0 aliphatic carbocycles. The van der Waals surface area contributed by atoms with E-state index in [1.54, 1.807) is 37.3 Å². The monoisotopic (exact) mass is 405 g/mol. The van der Waals surface area contributed by atoms with E-state index in [2.05, 4.69) is 4.99 Å². The van der Waals surface area contributed by atoms with E-state index in [1.807, 2.05) is 0 Å². The number of hydrogen-bond acceptors (Lipinski definition) is 6. The van der Waals surface area contributed by atoms with Gasteiger partial charge in [0.1, 0.15) is 17.2 Å². The summed E-state index contributed by atoms with van der Waals surface area (Å²) >= 11 is 7.29. The molecule has 1 aromatic carbocycles. The van der Waals surface area contributed by atoms with Crippen LogP contribution in [0.5, 0.6) is 5.75 Å². The molecule has 0 unspecified atom stereocenters. The fourth-order valence-electron chi connectivity index (χ4n) is 2.32. The normalized spacial score (nSPS) is 16.6. The van der Waals surface area contributed by atoms with Gasteiger partial charge in [-0.2, -0.15) is 0 Å². The maximum Gasteiger partial charge on any atom is 0.283 e. The number of carbonyl (C=O) groups is 2. The van der Waals surface area contributed by atoms with Gasteiger partial charge in [-0.3, -0.25) is 14.5 Å². The van der Waals surface area contributed by atoms with Crippen LogP contribution in [0.2, 0.25) is 5.02 Å². The topological polar surface area (TPSA) is 98.1 Å². The van der Waals surface area contributed by atoms with Crippen LogP contribution >= 0.6 is 23.4 Å². The Kier molecular flexibility index (Phi) is 5.57. The number of nitrogens with zero attached hydrogens (tertiary/aromatic N) is 2. The number of thioether (sulfide) groups is 1. The minimum Gasteiger partial charge on any atom is -0.495 e. The van der Waals surface area contributed by atoms with Crippen molar-refractivity contribution in [3.63, 3.8) is 0 Å². The Balaban J connectivity index is 2.01. The lowest BCUT2D eigenvalue weighted by atomic mass is 10.2. The third-order valence-electron chi connectivity index (χ3n) is 3.73. The third kappa shape index (κ3) is 4.01. The highest BCUT2D eigenvalue weighted by Gasteiger charge is 2.34. The molecule has 1 aliphatic heterocycles. The molecule has 0 saturated carbocycles. The molecular weight excluding hydrogens is 390 g/mol. The fraction of sp³-hybridized carbons (Fsp3) is 0.167. The van der Waals surface area contributed by atoms with Crippen molar-refractivity contribution in [2.45, 2.75) is 12.2 Å². The summed E-state index contributed by atoms with van der Waals surface area (Å²) < 4.78 is 10.4. The lowest BCUT2D eigenvalue weighted by Crippen LogP contribution is -2.33. The van der Waals surface area contributed by atoms with Crippen molar-refractivity contribution in [2.75, 3.05) is 12.0 Å². The Labute approximate surface area is 164 Å². The Morgan fingerprint density at radius 3 is 2.81 bits per heavy atom. The standard InChI is InChI=1S/C18H16ClN3O4S/c1-10(16(20)23)27-18-21-14(9-12-4-3-7-26-12)17(24)22(18)11-5-6-15(25-2)13(19)8-11/h3-10H,1-2H3,(H2,20,23)/b14-9+/t10-/m0/s1. The number of hydrogen-bond donors (Lipinski definition) is 1. The minimum absolute atomic E-state index is 0.177. The molecule has 2 N–H and O–H groups in total. The van der Waals surface area contributed by atoms with Gasteiger partial charge in [0, 0.05) is 6.08 Å². The molecular formula is C18H16ClN3O4S. The Bertz CT molecular complexity index is 940. The highest BCUT2D eigenvalue weighted by atomic mass is 35.5. The summed E-state index contributed by atoms with van der Waals surface area (Å²) in [5.74, 6) is 0.0946. The number of nitrogens with two attached hydrogens (primary N) is 1. The zero-order valence-corrected chi connectivity index (χ0v) is 16.1. The van der Waals surface area contributed by atoms with Crippen LogP contribution in [0.15, 0.2) is 51.7 Å². The van der Waals surface area contributed by atoms with E-state index < -0.39 is 11.2 Å². The molecule has 1 aromatic heterocycles. The van der Waals surface area contributed by atoms with Crippen LogP contribution in [0, 0.1) is 0 Å². The summed E-state index contributed by atoms with van der Waals surface area (Å²) in [6.07, 6.45) is 3.03. The fourth-order valence-corrected chi connectivity index (χ4v) is 3.45. The highest BCUT2D eigenvalue weighted by Crippen LogP contribution is 2.35. The second kappa shape index (κ2) is 7.89. The van der Waals surface area contributed by atoms with E-state index in [4.69, 9.17) is 26.5 Å². The zero-order chi connectivity index (χ0) is 19.6. The van der Waals surface area contributed by atoms with Gasteiger partial charge in [-0.05, 0) is 37.3 Å². The van der Waals surface area contributed by atoms with Crippen LogP contribution in [0.4, 0.5) is 5.69 Å². The van der Waals surface area contributed by atoms with Crippen LogP contribution in [-0.4, -0.2) is 29.3 Å². The SMILES string of the molecule is COc1ccc(N2C(=O)/C(=C\c3ccco3)N=C2S[C@@H](C)C(N)=O)cc1Cl. The summed E-state index contributed by atoms with van der Waals surface area (Å²) in [6, 6.07) is 8.35. The first-order valence-electron chi connectivity index (χ1n) is 7.88.